The smallest absolute Gasteiger partial charge is 0.261 e. The zero-order valence-electron chi connectivity index (χ0n) is 15.2. The molecule has 2 aromatic rings. The summed E-state index contributed by atoms with van der Waals surface area (Å²) in [5.74, 6) is 0.259. The van der Waals surface area contributed by atoms with Gasteiger partial charge in [-0.3, -0.25) is 19.0 Å². The summed E-state index contributed by atoms with van der Waals surface area (Å²) in [6.07, 6.45) is 5.06. The Morgan fingerprint density at radius 1 is 1.19 bits per heavy atom. The van der Waals surface area contributed by atoms with E-state index in [4.69, 9.17) is 0 Å². The molecule has 0 fully saturated rings. The molecule has 0 bridgehead atoms. The molecule has 0 saturated heterocycles. The third-order valence-electron chi connectivity index (χ3n) is 4.73. The molecular weight excluding hydrogens is 332 g/mol. The van der Waals surface area contributed by atoms with E-state index >= 15 is 0 Å². The van der Waals surface area contributed by atoms with Crippen molar-refractivity contribution in [3.63, 3.8) is 0 Å². The second-order valence-electron chi connectivity index (χ2n) is 6.85. The summed E-state index contributed by atoms with van der Waals surface area (Å²) in [5.41, 5.74) is 0.891. The molecule has 138 valence electrons. The van der Waals surface area contributed by atoms with E-state index in [0.717, 1.165) is 37.9 Å². The molecule has 0 radical (unpaired) electrons. The van der Waals surface area contributed by atoms with E-state index in [9.17, 15) is 14.4 Å². The maximum Gasteiger partial charge on any atom is 0.261 e. The molecule has 0 atom stereocenters. The molecule has 1 aromatic carbocycles. The number of aromatic nitrogens is 2. The number of nitrogens with zero attached hydrogens (tertiary/aromatic N) is 3. The lowest BCUT2D eigenvalue weighted by molar-refractivity contribution is -0.127. The van der Waals surface area contributed by atoms with Gasteiger partial charge in [-0.25, -0.2) is 4.98 Å². The second-order valence-corrected chi connectivity index (χ2v) is 6.85. The number of aryl methyl sites for hydroxylation is 1. The van der Waals surface area contributed by atoms with E-state index in [0.29, 0.717) is 23.0 Å². The fourth-order valence-electron chi connectivity index (χ4n) is 3.15. The molecule has 7 heteroatoms. The van der Waals surface area contributed by atoms with Gasteiger partial charge in [-0.05, 0) is 31.0 Å². The first-order valence-corrected chi connectivity index (χ1v) is 8.99. The van der Waals surface area contributed by atoms with Gasteiger partial charge in [0.25, 0.3) is 11.5 Å². The van der Waals surface area contributed by atoms with Gasteiger partial charge in [0, 0.05) is 32.6 Å². The maximum absolute atomic E-state index is 12.8. The molecular formula is C19H24N4O3. The van der Waals surface area contributed by atoms with Crippen molar-refractivity contribution >= 4 is 22.7 Å². The molecule has 3 rings (SSSR count). The second kappa shape index (κ2) is 7.68. The lowest BCUT2D eigenvalue weighted by Gasteiger charge is -2.16. The van der Waals surface area contributed by atoms with E-state index < -0.39 is 0 Å². The Hall–Kier alpha value is -2.70. The van der Waals surface area contributed by atoms with Gasteiger partial charge in [0.1, 0.15) is 5.82 Å². The van der Waals surface area contributed by atoms with Crippen molar-refractivity contribution in [3.8, 4) is 0 Å². The Bertz CT molecular complexity index is 902. The number of likely N-dealkylation sites (N-methyl/N-ethyl adjacent to an activating group) is 1. The minimum absolute atomic E-state index is 0.0401. The van der Waals surface area contributed by atoms with Crippen LogP contribution >= 0.6 is 0 Å². The van der Waals surface area contributed by atoms with Gasteiger partial charge in [-0.15, -0.1) is 0 Å². The SMILES string of the molecule is CN(C)C(=O)CNC(=O)c1ccc2c(=O)n3c(nc2c1)CCCCCC3. The van der Waals surface area contributed by atoms with E-state index in [1.54, 1.807) is 36.9 Å². The minimum atomic E-state index is -0.351. The zero-order chi connectivity index (χ0) is 18.7. The van der Waals surface area contributed by atoms with Gasteiger partial charge in [0.15, 0.2) is 0 Å². The number of nitrogens with one attached hydrogen (secondary N) is 1. The van der Waals surface area contributed by atoms with Crippen molar-refractivity contribution in [2.45, 2.75) is 38.6 Å². The highest BCUT2D eigenvalue weighted by Crippen LogP contribution is 2.16. The largest absolute Gasteiger partial charge is 0.347 e. The number of carbonyl (C=O) groups is 2. The van der Waals surface area contributed by atoms with Crippen LogP contribution in [0.1, 0.15) is 41.9 Å². The topological polar surface area (TPSA) is 84.3 Å². The van der Waals surface area contributed by atoms with Crippen LogP contribution in [0.4, 0.5) is 0 Å². The quantitative estimate of drug-likeness (QED) is 0.899. The average molecular weight is 356 g/mol. The molecule has 2 amide bonds. The normalized spacial score (nSPS) is 14.2. The Kier molecular flexibility index (Phi) is 5.35. The third-order valence-corrected chi connectivity index (χ3v) is 4.73. The number of fused-ring (bicyclic) bond motifs is 2. The average Bonchev–Trinajstić information content (AvgIpc) is 2.60. The lowest BCUT2D eigenvalue weighted by Crippen LogP contribution is -2.36. The van der Waals surface area contributed by atoms with Crippen molar-refractivity contribution in [1.82, 2.24) is 19.8 Å². The number of hydrogen-bond acceptors (Lipinski definition) is 4. The van der Waals surface area contributed by atoms with Gasteiger partial charge in [0.2, 0.25) is 5.91 Å². The maximum atomic E-state index is 12.8. The van der Waals surface area contributed by atoms with Crippen molar-refractivity contribution < 1.29 is 9.59 Å². The van der Waals surface area contributed by atoms with Crippen molar-refractivity contribution in [2.24, 2.45) is 0 Å². The monoisotopic (exact) mass is 356 g/mol. The molecule has 1 aromatic heterocycles. The molecule has 0 spiro atoms. The Morgan fingerprint density at radius 2 is 1.96 bits per heavy atom. The van der Waals surface area contributed by atoms with Crippen LogP contribution in [0.2, 0.25) is 0 Å². The Balaban J connectivity index is 1.91. The molecule has 1 aliphatic rings. The first-order chi connectivity index (χ1) is 12.5. The first-order valence-electron chi connectivity index (χ1n) is 8.99. The molecule has 2 heterocycles. The van der Waals surface area contributed by atoms with Crippen LogP contribution in [0.25, 0.3) is 10.9 Å². The van der Waals surface area contributed by atoms with Crippen LogP contribution in [0.3, 0.4) is 0 Å². The summed E-state index contributed by atoms with van der Waals surface area (Å²) < 4.78 is 1.77. The van der Waals surface area contributed by atoms with Gasteiger partial charge < -0.3 is 10.2 Å². The third kappa shape index (κ3) is 3.76. The molecule has 0 saturated carbocycles. The van der Waals surface area contributed by atoms with E-state index in [1.807, 2.05) is 0 Å². The van der Waals surface area contributed by atoms with Crippen LogP contribution in [-0.2, 0) is 17.8 Å². The van der Waals surface area contributed by atoms with Crippen molar-refractivity contribution in [3.05, 3.63) is 39.9 Å². The van der Waals surface area contributed by atoms with Gasteiger partial charge >= 0.3 is 0 Å². The summed E-state index contributed by atoms with van der Waals surface area (Å²) in [6.45, 7) is 0.635. The molecule has 0 unspecified atom stereocenters. The fourth-order valence-corrected chi connectivity index (χ4v) is 3.15. The summed E-state index contributed by atoms with van der Waals surface area (Å²) in [6, 6.07) is 4.89. The summed E-state index contributed by atoms with van der Waals surface area (Å²) in [4.78, 5) is 42.8. The van der Waals surface area contributed by atoms with Crippen LogP contribution in [0, 0.1) is 0 Å². The van der Waals surface area contributed by atoms with Crippen molar-refractivity contribution in [1.29, 1.82) is 0 Å². The molecule has 7 nitrogen and oxygen atoms in total. The summed E-state index contributed by atoms with van der Waals surface area (Å²) >= 11 is 0. The molecule has 1 N–H and O–H groups in total. The van der Waals surface area contributed by atoms with Crippen LogP contribution in [0.15, 0.2) is 23.0 Å². The van der Waals surface area contributed by atoms with Crippen LogP contribution in [0.5, 0.6) is 0 Å². The van der Waals surface area contributed by atoms with Gasteiger partial charge in [-0.1, -0.05) is 12.8 Å². The molecule has 26 heavy (non-hydrogen) atoms. The predicted molar refractivity (Wildman–Crippen MR) is 99.2 cm³/mol. The van der Waals surface area contributed by atoms with Crippen LogP contribution in [-0.4, -0.2) is 46.9 Å². The van der Waals surface area contributed by atoms with Gasteiger partial charge in [0.05, 0.1) is 17.4 Å². The van der Waals surface area contributed by atoms with E-state index in [-0.39, 0.29) is 23.9 Å². The fraction of sp³-hybridized carbons (Fsp3) is 0.474. The predicted octanol–water partition coefficient (Wildman–Crippen LogP) is 1.33. The summed E-state index contributed by atoms with van der Waals surface area (Å²) in [5, 5.41) is 3.12. The standard InChI is InChI=1S/C19H24N4O3/c1-22(2)17(24)12-20-18(25)13-8-9-14-15(11-13)21-16-7-5-3-4-6-10-23(16)19(14)26/h8-9,11H,3-7,10,12H2,1-2H3,(H,20,25). The lowest BCUT2D eigenvalue weighted by atomic mass is 10.1. The van der Waals surface area contributed by atoms with Gasteiger partial charge in [-0.2, -0.15) is 0 Å². The number of carbonyl (C=O) groups excluding carboxylic acids is 2. The highest BCUT2D eigenvalue weighted by atomic mass is 16.2. The first kappa shape index (κ1) is 18.1. The number of benzene rings is 1. The zero-order valence-corrected chi connectivity index (χ0v) is 15.2. The highest BCUT2D eigenvalue weighted by molar-refractivity contribution is 5.99. The minimum Gasteiger partial charge on any atom is -0.347 e. The number of hydrogen-bond donors (Lipinski definition) is 1. The molecule has 0 aliphatic carbocycles. The summed E-state index contributed by atoms with van der Waals surface area (Å²) in [7, 11) is 3.27. The highest BCUT2D eigenvalue weighted by Gasteiger charge is 2.15. The Morgan fingerprint density at radius 3 is 2.73 bits per heavy atom. The van der Waals surface area contributed by atoms with Crippen LogP contribution < -0.4 is 10.9 Å². The van der Waals surface area contributed by atoms with E-state index in [1.165, 1.54) is 4.90 Å². The van der Waals surface area contributed by atoms with Crippen molar-refractivity contribution in [2.75, 3.05) is 20.6 Å². The Labute approximate surface area is 152 Å². The molecule has 1 aliphatic heterocycles. The number of amides is 2. The number of rotatable bonds is 3. The van der Waals surface area contributed by atoms with E-state index in [2.05, 4.69) is 10.3 Å².